The lowest BCUT2D eigenvalue weighted by molar-refractivity contribution is 0.0329. The van der Waals surface area contributed by atoms with E-state index in [2.05, 4.69) is 16.7 Å². The molecule has 4 heteroatoms. The second-order valence-corrected chi connectivity index (χ2v) is 5.21. The van der Waals surface area contributed by atoms with E-state index in [1.165, 1.54) is 0 Å². The number of hydrogen-bond donors (Lipinski definition) is 2. The molecule has 0 amide bonds. The highest BCUT2D eigenvalue weighted by Crippen LogP contribution is 2.19. The highest BCUT2D eigenvalue weighted by Gasteiger charge is 2.12. The lowest BCUT2D eigenvalue weighted by Crippen LogP contribution is -2.32. The van der Waals surface area contributed by atoms with Crippen molar-refractivity contribution in [2.45, 2.75) is 32.3 Å². The molecule has 0 spiro atoms. The number of nitrogens with zero attached hydrogens (tertiary/aromatic N) is 1. The zero-order chi connectivity index (χ0) is 14.2. The van der Waals surface area contributed by atoms with Crippen LogP contribution in [0.15, 0.2) is 18.2 Å². The second-order valence-electron chi connectivity index (χ2n) is 5.21. The summed E-state index contributed by atoms with van der Waals surface area (Å²) in [5.74, 6) is 0. The van der Waals surface area contributed by atoms with Crippen molar-refractivity contribution in [3.8, 4) is 6.07 Å². The highest BCUT2D eigenvalue weighted by molar-refractivity contribution is 5.62. The van der Waals surface area contributed by atoms with E-state index in [0.717, 1.165) is 56.8 Å². The zero-order valence-electron chi connectivity index (χ0n) is 12.1. The quantitative estimate of drug-likeness (QED) is 0.782. The Hall–Kier alpha value is -1.57. The van der Waals surface area contributed by atoms with Crippen molar-refractivity contribution in [1.82, 2.24) is 5.32 Å². The van der Waals surface area contributed by atoms with E-state index in [1.807, 2.05) is 25.1 Å². The minimum atomic E-state index is 0.421. The smallest absolute Gasteiger partial charge is 0.101 e. The fourth-order valence-corrected chi connectivity index (χ4v) is 2.49. The number of piperidine rings is 1. The number of hydrogen-bond acceptors (Lipinski definition) is 4. The van der Waals surface area contributed by atoms with Gasteiger partial charge in [-0.2, -0.15) is 5.26 Å². The Morgan fingerprint density at radius 1 is 1.40 bits per heavy atom. The van der Waals surface area contributed by atoms with Gasteiger partial charge in [0.1, 0.15) is 6.07 Å². The number of para-hydroxylation sites is 1. The van der Waals surface area contributed by atoms with Crippen LogP contribution in [0.25, 0.3) is 0 Å². The Morgan fingerprint density at radius 2 is 2.20 bits per heavy atom. The van der Waals surface area contributed by atoms with Crippen molar-refractivity contribution in [2.24, 2.45) is 0 Å². The standard InChI is InChI=1S/C16H23N3O/c1-13-4-2-5-14(12-17)16(13)19-8-3-11-20-15-6-9-18-10-7-15/h2,4-5,15,18-19H,3,6-11H2,1H3. The summed E-state index contributed by atoms with van der Waals surface area (Å²) in [5.41, 5.74) is 2.78. The van der Waals surface area contributed by atoms with Crippen LogP contribution in [0.2, 0.25) is 0 Å². The molecule has 1 aromatic carbocycles. The van der Waals surface area contributed by atoms with Gasteiger partial charge in [0.15, 0.2) is 0 Å². The SMILES string of the molecule is Cc1cccc(C#N)c1NCCCOC1CCNCC1. The van der Waals surface area contributed by atoms with E-state index in [0.29, 0.717) is 11.7 Å². The van der Waals surface area contributed by atoms with Crippen molar-refractivity contribution in [2.75, 3.05) is 31.6 Å². The highest BCUT2D eigenvalue weighted by atomic mass is 16.5. The molecule has 1 fully saturated rings. The van der Waals surface area contributed by atoms with Gasteiger partial charge >= 0.3 is 0 Å². The van der Waals surface area contributed by atoms with Crippen LogP contribution in [-0.2, 0) is 4.74 Å². The minimum Gasteiger partial charge on any atom is -0.384 e. The first-order chi connectivity index (χ1) is 9.81. The van der Waals surface area contributed by atoms with E-state index < -0.39 is 0 Å². The molecule has 0 radical (unpaired) electrons. The third-order valence-corrected chi connectivity index (χ3v) is 3.66. The maximum absolute atomic E-state index is 9.10. The summed E-state index contributed by atoms with van der Waals surface area (Å²) < 4.78 is 5.86. The van der Waals surface area contributed by atoms with Crippen molar-refractivity contribution >= 4 is 5.69 Å². The predicted molar refractivity (Wildman–Crippen MR) is 80.8 cm³/mol. The van der Waals surface area contributed by atoms with Crippen LogP contribution in [0.1, 0.15) is 30.4 Å². The van der Waals surface area contributed by atoms with Crippen LogP contribution in [0.4, 0.5) is 5.69 Å². The van der Waals surface area contributed by atoms with Crippen LogP contribution in [-0.4, -0.2) is 32.3 Å². The first-order valence-electron chi connectivity index (χ1n) is 7.37. The van der Waals surface area contributed by atoms with Gasteiger partial charge in [0.2, 0.25) is 0 Å². The van der Waals surface area contributed by atoms with Crippen molar-refractivity contribution in [3.05, 3.63) is 29.3 Å². The number of nitriles is 1. The number of anilines is 1. The molecule has 2 N–H and O–H groups in total. The van der Waals surface area contributed by atoms with Gasteiger partial charge in [0.25, 0.3) is 0 Å². The number of benzene rings is 1. The van der Waals surface area contributed by atoms with Crippen molar-refractivity contribution in [1.29, 1.82) is 5.26 Å². The third kappa shape index (κ3) is 4.22. The fourth-order valence-electron chi connectivity index (χ4n) is 2.49. The molecule has 20 heavy (non-hydrogen) atoms. The van der Waals surface area contributed by atoms with E-state index in [9.17, 15) is 0 Å². The van der Waals surface area contributed by atoms with Gasteiger partial charge in [-0.15, -0.1) is 0 Å². The second kappa shape index (κ2) is 7.88. The fraction of sp³-hybridized carbons (Fsp3) is 0.562. The number of ether oxygens (including phenoxy) is 1. The van der Waals surface area contributed by atoms with E-state index >= 15 is 0 Å². The maximum Gasteiger partial charge on any atom is 0.101 e. The molecule has 1 heterocycles. The normalized spacial score (nSPS) is 15.8. The molecule has 0 unspecified atom stereocenters. The first-order valence-corrected chi connectivity index (χ1v) is 7.37. The maximum atomic E-state index is 9.10. The summed E-state index contributed by atoms with van der Waals surface area (Å²) in [4.78, 5) is 0. The lowest BCUT2D eigenvalue weighted by Gasteiger charge is -2.23. The van der Waals surface area contributed by atoms with Crippen LogP contribution < -0.4 is 10.6 Å². The minimum absolute atomic E-state index is 0.421. The molecule has 1 aliphatic rings. The summed E-state index contributed by atoms with van der Waals surface area (Å²) >= 11 is 0. The van der Waals surface area contributed by atoms with Crippen LogP contribution in [0.3, 0.4) is 0 Å². The van der Waals surface area contributed by atoms with Gasteiger partial charge in [0, 0.05) is 13.2 Å². The molecule has 0 saturated carbocycles. The van der Waals surface area contributed by atoms with Gasteiger partial charge in [-0.25, -0.2) is 0 Å². The van der Waals surface area contributed by atoms with Crippen LogP contribution in [0.5, 0.6) is 0 Å². The monoisotopic (exact) mass is 273 g/mol. The van der Waals surface area contributed by atoms with Crippen LogP contribution in [0, 0.1) is 18.3 Å². The summed E-state index contributed by atoms with van der Waals surface area (Å²) in [5, 5.41) is 15.8. The molecular formula is C16H23N3O. The first kappa shape index (κ1) is 14.8. The van der Waals surface area contributed by atoms with Crippen molar-refractivity contribution < 1.29 is 4.74 Å². The molecule has 1 aromatic rings. The molecule has 0 atom stereocenters. The average Bonchev–Trinajstić information content (AvgIpc) is 2.49. The molecule has 0 aromatic heterocycles. The average molecular weight is 273 g/mol. The van der Waals surface area contributed by atoms with E-state index in [1.54, 1.807) is 0 Å². The zero-order valence-corrected chi connectivity index (χ0v) is 12.1. The molecule has 2 rings (SSSR count). The Morgan fingerprint density at radius 3 is 2.95 bits per heavy atom. The number of rotatable bonds is 6. The number of nitrogens with one attached hydrogen (secondary N) is 2. The van der Waals surface area contributed by atoms with Gasteiger partial charge < -0.3 is 15.4 Å². The van der Waals surface area contributed by atoms with Gasteiger partial charge in [-0.3, -0.25) is 0 Å². The molecule has 0 bridgehead atoms. The Kier molecular flexibility index (Phi) is 5.85. The summed E-state index contributed by atoms with van der Waals surface area (Å²) in [7, 11) is 0. The van der Waals surface area contributed by atoms with Crippen LogP contribution >= 0.6 is 0 Å². The van der Waals surface area contributed by atoms with Crippen molar-refractivity contribution in [3.63, 3.8) is 0 Å². The lowest BCUT2D eigenvalue weighted by atomic mass is 10.1. The molecule has 4 nitrogen and oxygen atoms in total. The van der Waals surface area contributed by atoms with Gasteiger partial charge in [-0.1, -0.05) is 12.1 Å². The molecule has 1 aliphatic heterocycles. The number of aryl methyl sites for hydroxylation is 1. The van der Waals surface area contributed by atoms with E-state index in [4.69, 9.17) is 10.00 Å². The molecular weight excluding hydrogens is 250 g/mol. The molecule has 1 saturated heterocycles. The molecule has 0 aliphatic carbocycles. The molecule has 108 valence electrons. The Bertz CT molecular complexity index is 461. The third-order valence-electron chi connectivity index (χ3n) is 3.66. The predicted octanol–water partition coefficient (Wildman–Crippen LogP) is 2.44. The largest absolute Gasteiger partial charge is 0.384 e. The Balaban J connectivity index is 1.69. The Labute approximate surface area is 121 Å². The topological polar surface area (TPSA) is 57.1 Å². The van der Waals surface area contributed by atoms with Gasteiger partial charge in [0.05, 0.1) is 17.4 Å². The summed E-state index contributed by atoms with van der Waals surface area (Å²) in [6.45, 7) is 5.78. The summed E-state index contributed by atoms with van der Waals surface area (Å²) in [6, 6.07) is 8.01. The summed E-state index contributed by atoms with van der Waals surface area (Å²) in [6.07, 6.45) is 3.61. The van der Waals surface area contributed by atoms with Gasteiger partial charge in [-0.05, 0) is 50.9 Å². The van der Waals surface area contributed by atoms with E-state index in [-0.39, 0.29) is 0 Å².